The van der Waals surface area contributed by atoms with Gasteiger partial charge in [-0.05, 0) is 32.7 Å². The summed E-state index contributed by atoms with van der Waals surface area (Å²) in [6.07, 6.45) is 5.75. The molecule has 15 heavy (non-hydrogen) atoms. The van der Waals surface area contributed by atoms with Gasteiger partial charge in [-0.25, -0.2) is 0 Å². The van der Waals surface area contributed by atoms with Crippen LogP contribution in [0.4, 0.5) is 0 Å². The van der Waals surface area contributed by atoms with Crippen molar-refractivity contribution >= 4 is 5.91 Å². The zero-order valence-electron chi connectivity index (χ0n) is 9.81. The lowest BCUT2D eigenvalue weighted by Crippen LogP contribution is -2.55. The van der Waals surface area contributed by atoms with Gasteiger partial charge in [0, 0.05) is 6.04 Å². The third kappa shape index (κ3) is 2.81. The van der Waals surface area contributed by atoms with Crippen molar-refractivity contribution in [2.24, 2.45) is 0 Å². The maximum Gasteiger partial charge on any atom is 0.240 e. The van der Waals surface area contributed by atoms with E-state index >= 15 is 0 Å². The number of rotatable bonds is 5. The Balaban J connectivity index is 2.63. The van der Waals surface area contributed by atoms with E-state index in [-0.39, 0.29) is 17.5 Å². The normalized spacial score (nSPS) is 27.3. The molecule has 1 amide bonds. The fourth-order valence-corrected chi connectivity index (χ4v) is 2.16. The van der Waals surface area contributed by atoms with E-state index in [1.54, 1.807) is 6.08 Å². The highest BCUT2D eigenvalue weighted by molar-refractivity contribution is 5.87. The Hall–Kier alpha value is -0.830. The van der Waals surface area contributed by atoms with E-state index in [9.17, 15) is 4.79 Å². The predicted octanol–water partition coefficient (Wildman–Crippen LogP) is 1.60. The summed E-state index contributed by atoms with van der Waals surface area (Å²) in [5, 5.41) is 6.33. The van der Waals surface area contributed by atoms with Gasteiger partial charge in [-0.15, -0.1) is 6.58 Å². The number of nitrogens with one attached hydrogen (secondary N) is 2. The number of hydrogen-bond acceptors (Lipinski definition) is 2. The van der Waals surface area contributed by atoms with Gasteiger partial charge >= 0.3 is 0 Å². The molecule has 2 unspecified atom stereocenters. The van der Waals surface area contributed by atoms with Crippen LogP contribution >= 0.6 is 0 Å². The Morgan fingerprint density at radius 3 is 2.93 bits per heavy atom. The van der Waals surface area contributed by atoms with Gasteiger partial charge in [-0.2, -0.15) is 0 Å². The van der Waals surface area contributed by atoms with E-state index in [2.05, 4.69) is 24.1 Å². The second-order valence-corrected chi connectivity index (χ2v) is 4.36. The van der Waals surface area contributed by atoms with Crippen LogP contribution in [-0.2, 0) is 4.79 Å². The average molecular weight is 210 g/mol. The minimum absolute atomic E-state index is 0.0497. The number of carbonyl (C=O) groups is 1. The maximum atomic E-state index is 12.1. The summed E-state index contributed by atoms with van der Waals surface area (Å²) in [6, 6.07) is 0.0497. The molecule has 0 spiro atoms. The fourth-order valence-electron chi connectivity index (χ4n) is 2.16. The van der Waals surface area contributed by atoms with E-state index in [0.29, 0.717) is 0 Å². The Kier molecular flexibility index (Phi) is 4.33. The van der Waals surface area contributed by atoms with E-state index in [4.69, 9.17) is 0 Å². The molecular formula is C12H22N2O. The largest absolute Gasteiger partial charge is 0.349 e. The lowest BCUT2D eigenvalue weighted by molar-refractivity contribution is -0.127. The molecule has 2 N–H and O–H groups in total. The monoisotopic (exact) mass is 210 g/mol. The van der Waals surface area contributed by atoms with Gasteiger partial charge < -0.3 is 10.6 Å². The van der Waals surface area contributed by atoms with Gasteiger partial charge in [-0.3, -0.25) is 4.79 Å². The Morgan fingerprint density at radius 1 is 1.73 bits per heavy atom. The van der Waals surface area contributed by atoms with Crippen molar-refractivity contribution in [2.75, 3.05) is 6.54 Å². The minimum atomic E-state index is -0.313. The summed E-state index contributed by atoms with van der Waals surface area (Å²) in [7, 11) is 0. The molecule has 0 aromatic rings. The van der Waals surface area contributed by atoms with Crippen molar-refractivity contribution in [1.29, 1.82) is 0 Å². The van der Waals surface area contributed by atoms with Crippen LogP contribution in [0.25, 0.3) is 0 Å². The molecule has 2 atom stereocenters. The van der Waals surface area contributed by atoms with Crippen LogP contribution in [0.2, 0.25) is 0 Å². The van der Waals surface area contributed by atoms with E-state index < -0.39 is 0 Å². The van der Waals surface area contributed by atoms with Crippen LogP contribution in [0.1, 0.15) is 39.5 Å². The molecule has 86 valence electrons. The molecule has 3 heteroatoms. The van der Waals surface area contributed by atoms with Crippen LogP contribution in [0.15, 0.2) is 12.7 Å². The molecule has 0 aromatic carbocycles. The maximum absolute atomic E-state index is 12.1. The summed E-state index contributed by atoms with van der Waals surface area (Å²) < 4.78 is 0. The van der Waals surface area contributed by atoms with E-state index in [0.717, 1.165) is 32.2 Å². The second-order valence-electron chi connectivity index (χ2n) is 4.36. The molecular weight excluding hydrogens is 188 g/mol. The van der Waals surface area contributed by atoms with Crippen molar-refractivity contribution in [3.05, 3.63) is 12.7 Å². The standard InChI is InChI=1S/C12H22N2O/c1-4-7-12(8-6-9-13-12)11(15)14-10(3)5-2/h5,10,13H,2,4,6-9H2,1,3H3,(H,14,15). The quantitative estimate of drug-likeness (QED) is 0.677. The lowest BCUT2D eigenvalue weighted by Gasteiger charge is -2.29. The van der Waals surface area contributed by atoms with Gasteiger partial charge in [-0.1, -0.05) is 19.4 Å². The predicted molar refractivity (Wildman–Crippen MR) is 62.7 cm³/mol. The van der Waals surface area contributed by atoms with Crippen molar-refractivity contribution in [3.8, 4) is 0 Å². The molecule has 1 aliphatic heterocycles. The third-order valence-corrected chi connectivity index (χ3v) is 3.07. The van der Waals surface area contributed by atoms with Crippen LogP contribution in [0, 0.1) is 0 Å². The van der Waals surface area contributed by atoms with Crippen molar-refractivity contribution in [2.45, 2.75) is 51.1 Å². The second kappa shape index (κ2) is 5.31. The van der Waals surface area contributed by atoms with Gasteiger partial charge in [0.15, 0.2) is 0 Å². The van der Waals surface area contributed by atoms with E-state index in [1.165, 1.54) is 0 Å². The smallest absolute Gasteiger partial charge is 0.240 e. The minimum Gasteiger partial charge on any atom is -0.349 e. The van der Waals surface area contributed by atoms with Gasteiger partial charge in [0.25, 0.3) is 0 Å². The molecule has 0 saturated carbocycles. The summed E-state index contributed by atoms with van der Waals surface area (Å²) in [5.74, 6) is 0.134. The zero-order chi connectivity index (χ0) is 11.3. The Bertz CT molecular complexity index is 232. The van der Waals surface area contributed by atoms with Crippen molar-refractivity contribution in [1.82, 2.24) is 10.6 Å². The fraction of sp³-hybridized carbons (Fsp3) is 0.750. The highest BCUT2D eigenvalue weighted by Crippen LogP contribution is 2.25. The highest BCUT2D eigenvalue weighted by Gasteiger charge is 2.39. The third-order valence-electron chi connectivity index (χ3n) is 3.07. The van der Waals surface area contributed by atoms with Gasteiger partial charge in [0.1, 0.15) is 0 Å². The summed E-state index contributed by atoms with van der Waals surface area (Å²) in [6.45, 7) is 8.69. The molecule has 1 heterocycles. The number of hydrogen-bond donors (Lipinski definition) is 2. The molecule has 0 bridgehead atoms. The summed E-state index contributed by atoms with van der Waals surface area (Å²) >= 11 is 0. The van der Waals surface area contributed by atoms with Gasteiger partial charge in [0.05, 0.1) is 5.54 Å². The Morgan fingerprint density at radius 2 is 2.47 bits per heavy atom. The SMILES string of the molecule is C=CC(C)NC(=O)C1(CCC)CCCN1. The zero-order valence-corrected chi connectivity index (χ0v) is 9.81. The van der Waals surface area contributed by atoms with Crippen LogP contribution in [0.3, 0.4) is 0 Å². The topological polar surface area (TPSA) is 41.1 Å². The van der Waals surface area contributed by atoms with Crippen molar-refractivity contribution in [3.63, 3.8) is 0 Å². The molecule has 0 radical (unpaired) electrons. The molecule has 1 rings (SSSR count). The highest BCUT2D eigenvalue weighted by atomic mass is 16.2. The van der Waals surface area contributed by atoms with Crippen LogP contribution < -0.4 is 10.6 Å². The summed E-state index contributed by atoms with van der Waals surface area (Å²) in [4.78, 5) is 12.1. The summed E-state index contributed by atoms with van der Waals surface area (Å²) in [5.41, 5.74) is -0.313. The molecule has 1 fully saturated rings. The first-order chi connectivity index (χ1) is 7.14. The van der Waals surface area contributed by atoms with Crippen LogP contribution in [-0.4, -0.2) is 24.0 Å². The molecule has 1 saturated heterocycles. The van der Waals surface area contributed by atoms with Gasteiger partial charge in [0.2, 0.25) is 5.91 Å². The van der Waals surface area contributed by atoms with E-state index in [1.807, 2.05) is 6.92 Å². The molecule has 3 nitrogen and oxygen atoms in total. The first-order valence-corrected chi connectivity index (χ1v) is 5.83. The molecule has 0 aromatic heterocycles. The molecule has 1 aliphatic rings. The number of carbonyl (C=O) groups excluding carboxylic acids is 1. The average Bonchev–Trinajstić information content (AvgIpc) is 2.68. The Labute approximate surface area is 92.3 Å². The lowest BCUT2D eigenvalue weighted by atomic mass is 9.90. The first kappa shape index (κ1) is 12.2. The number of amides is 1. The van der Waals surface area contributed by atoms with Crippen molar-refractivity contribution < 1.29 is 4.79 Å². The van der Waals surface area contributed by atoms with Crippen LogP contribution in [0.5, 0.6) is 0 Å². The molecule has 0 aliphatic carbocycles. The first-order valence-electron chi connectivity index (χ1n) is 5.83.